The monoisotopic (exact) mass is 312 g/mol. The van der Waals surface area contributed by atoms with E-state index in [2.05, 4.69) is 19.1 Å². The number of unbranched alkanes of at least 4 members (excludes halogenated alkanes) is 9. The van der Waals surface area contributed by atoms with Crippen molar-refractivity contribution in [2.24, 2.45) is 0 Å². The predicted octanol–water partition coefficient (Wildman–Crippen LogP) is 4.98. The number of ether oxygens (including phenoxy) is 2. The number of aliphatic hydroxyl groups is 1. The van der Waals surface area contributed by atoms with E-state index in [4.69, 9.17) is 14.6 Å². The van der Waals surface area contributed by atoms with Crippen LogP contribution < -0.4 is 0 Å². The van der Waals surface area contributed by atoms with Gasteiger partial charge in [0.2, 0.25) is 0 Å². The molecular weight excluding hydrogens is 276 g/mol. The van der Waals surface area contributed by atoms with Gasteiger partial charge in [0.1, 0.15) is 6.10 Å². The van der Waals surface area contributed by atoms with Gasteiger partial charge in [-0.3, -0.25) is 0 Å². The van der Waals surface area contributed by atoms with Crippen LogP contribution in [-0.2, 0) is 9.47 Å². The molecule has 22 heavy (non-hydrogen) atoms. The summed E-state index contributed by atoms with van der Waals surface area (Å²) in [5.74, 6) is 0. The van der Waals surface area contributed by atoms with Gasteiger partial charge in [-0.15, -0.1) is 0 Å². The number of aliphatic hydroxyl groups excluding tert-OH is 1. The van der Waals surface area contributed by atoms with E-state index in [0.717, 1.165) is 12.8 Å². The molecule has 1 saturated heterocycles. The molecule has 0 aromatic rings. The first-order chi connectivity index (χ1) is 10.9. The fourth-order valence-corrected chi connectivity index (χ4v) is 2.78. The minimum Gasteiger partial charge on any atom is -0.394 e. The fourth-order valence-electron chi connectivity index (χ4n) is 2.78. The molecular formula is C19H36O3. The summed E-state index contributed by atoms with van der Waals surface area (Å²) >= 11 is 0. The van der Waals surface area contributed by atoms with E-state index >= 15 is 0 Å². The second-order valence-corrected chi connectivity index (χ2v) is 6.37. The zero-order chi connectivity index (χ0) is 15.9. The Balaban J connectivity index is 1.77. The first kappa shape index (κ1) is 19.7. The normalized spacial score (nSPS) is 21.9. The molecule has 0 aliphatic carbocycles. The molecule has 3 nitrogen and oxygen atoms in total. The highest BCUT2D eigenvalue weighted by Gasteiger charge is 2.24. The average Bonchev–Trinajstić information content (AvgIpc) is 3.00. The molecule has 0 amide bonds. The maximum absolute atomic E-state index is 8.96. The summed E-state index contributed by atoms with van der Waals surface area (Å²) in [6.07, 6.45) is 19.8. The zero-order valence-corrected chi connectivity index (χ0v) is 14.5. The van der Waals surface area contributed by atoms with Gasteiger partial charge >= 0.3 is 0 Å². The third kappa shape index (κ3) is 10.4. The largest absolute Gasteiger partial charge is 0.394 e. The quantitative estimate of drug-likeness (QED) is 0.363. The van der Waals surface area contributed by atoms with Crippen molar-refractivity contribution in [1.82, 2.24) is 0 Å². The molecule has 0 bridgehead atoms. The van der Waals surface area contributed by atoms with Gasteiger partial charge in [-0.25, -0.2) is 0 Å². The van der Waals surface area contributed by atoms with Crippen LogP contribution in [-0.4, -0.2) is 30.7 Å². The van der Waals surface area contributed by atoms with Crippen molar-refractivity contribution in [3.8, 4) is 0 Å². The van der Waals surface area contributed by atoms with Crippen molar-refractivity contribution in [3.05, 3.63) is 12.2 Å². The van der Waals surface area contributed by atoms with Gasteiger partial charge in [0, 0.05) is 0 Å². The number of rotatable bonds is 14. The van der Waals surface area contributed by atoms with Gasteiger partial charge < -0.3 is 14.6 Å². The van der Waals surface area contributed by atoms with E-state index in [1.165, 1.54) is 64.2 Å². The molecule has 3 heteroatoms. The maximum Gasteiger partial charge on any atom is 0.158 e. The lowest BCUT2D eigenvalue weighted by Gasteiger charge is -2.09. The molecule has 0 saturated carbocycles. The molecule has 0 unspecified atom stereocenters. The Labute approximate surface area is 137 Å². The Morgan fingerprint density at radius 1 is 0.909 bits per heavy atom. The van der Waals surface area contributed by atoms with Crippen molar-refractivity contribution in [1.29, 1.82) is 0 Å². The first-order valence-electron chi connectivity index (χ1n) is 9.39. The van der Waals surface area contributed by atoms with Gasteiger partial charge in [0.05, 0.1) is 13.2 Å². The van der Waals surface area contributed by atoms with Crippen molar-refractivity contribution >= 4 is 0 Å². The van der Waals surface area contributed by atoms with Crippen LogP contribution in [0.3, 0.4) is 0 Å². The van der Waals surface area contributed by atoms with Crippen molar-refractivity contribution in [2.75, 3.05) is 13.2 Å². The summed E-state index contributed by atoms with van der Waals surface area (Å²) in [6, 6.07) is 0. The number of hydrogen-bond acceptors (Lipinski definition) is 3. The lowest BCUT2D eigenvalue weighted by atomic mass is 10.1. The Morgan fingerprint density at radius 2 is 1.55 bits per heavy atom. The minimum absolute atomic E-state index is 0.0720. The molecule has 0 radical (unpaired) electrons. The van der Waals surface area contributed by atoms with Gasteiger partial charge in [0.25, 0.3) is 0 Å². The van der Waals surface area contributed by atoms with Crippen LogP contribution in [0.2, 0.25) is 0 Å². The van der Waals surface area contributed by atoms with Crippen molar-refractivity contribution in [2.45, 2.75) is 96.4 Å². The van der Waals surface area contributed by atoms with Crippen LogP contribution in [0.5, 0.6) is 0 Å². The van der Waals surface area contributed by atoms with Crippen LogP contribution in [0.4, 0.5) is 0 Å². The SMILES string of the molecule is CCCCCC/C=C/CCCCCCC[C@@H]1OC[C@H](CO)O1. The average molecular weight is 312 g/mol. The van der Waals surface area contributed by atoms with Crippen LogP contribution in [0, 0.1) is 0 Å². The zero-order valence-electron chi connectivity index (χ0n) is 14.5. The van der Waals surface area contributed by atoms with Crippen molar-refractivity contribution in [3.63, 3.8) is 0 Å². The highest BCUT2D eigenvalue weighted by atomic mass is 16.7. The summed E-state index contributed by atoms with van der Waals surface area (Å²) in [5.41, 5.74) is 0. The Bertz CT molecular complexity index is 265. The highest BCUT2D eigenvalue weighted by molar-refractivity contribution is 4.81. The molecule has 1 N–H and O–H groups in total. The van der Waals surface area contributed by atoms with Crippen LogP contribution in [0.15, 0.2) is 12.2 Å². The van der Waals surface area contributed by atoms with Crippen molar-refractivity contribution < 1.29 is 14.6 Å². The number of hydrogen-bond donors (Lipinski definition) is 1. The van der Waals surface area contributed by atoms with Gasteiger partial charge in [-0.1, -0.05) is 57.6 Å². The van der Waals surface area contributed by atoms with E-state index < -0.39 is 0 Å². The van der Waals surface area contributed by atoms with E-state index in [1.807, 2.05) is 0 Å². The van der Waals surface area contributed by atoms with Gasteiger partial charge in [0.15, 0.2) is 6.29 Å². The lowest BCUT2D eigenvalue weighted by Crippen LogP contribution is -2.16. The molecule has 0 aromatic carbocycles. The van der Waals surface area contributed by atoms with E-state index in [1.54, 1.807) is 0 Å². The standard InChI is InChI=1S/C19H36O3/c1-2-3-4-5-6-7-8-9-10-11-12-13-14-15-19-21-17-18(16-20)22-19/h7-8,18-20H,2-6,9-17H2,1H3/b8-7+/t18-,19+/m0/s1. The Morgan fingerprint density at radius 3 is 2.18 bits per heavy atom. The van der Waals surface area contributed by atoms with Crippen LogP contribution in [0.1, 0.15) is 84.0 Å². The minimum atomic E-state index is -0.0984. The van der Waals surface area contributed by atoms with E-state index in [0.29, 0.717) is 6.61 Å². The third-order valence-electron chi connectivity index (χ3n) is 4.22. The van der Waals surface area contributed by atoms with E-state index in [9.17, 15) is 0 Å². The summed E-state index contributed by atoms with van der Waals surface area (Å²) in [6.45, 7) is 2.88. The van der Waals surface area contributed by atoms with E-state index in [-0.39, 0.29) is 19.0 Å². The molecule has 1 fully saturated rings. The number of allylic oxidation sites excluding steroid dienone is 2. The second-order valence-electron chi connectivity index (χ2n) is 6.37. The molecule has 0 aromatic heterocycles. The summed E-state index contributed by atoms with van der Waals surface area (Å²) in [4.78, 5) is 0. The lowest BCUT2D eigenvalue weighted by molar-refractivity contribution is -0.0701. The summed E-state index contributed by atoms with van der Waals surface area (Å²) in [5, 5.41) is 8.96. The predicted molar refractivity (Wildman–Crippen MR) is 91.9 cm³/mol. The summed E-state index contributed by atoms with van der Waals surface area (Å²) in [7, 11) is 0. The fraction of sp³-hybridized carbons (Fsp3) is 0.895. The molecule has 2 atom stereocenters. The maximum atomic E-state index is 8.96. The molecule has 1 aliphatic heterocycles. The highest BCUT2D eigenvalue weighted by Crippen LogP contribution is 2.18. The molecule has 1 rings (SSSR count). The van der Waals surface area contributed by atoms with Crippen LogP contribution in [0.25, 0.3) is 0 Å². The second kappa shape index (κ2) is 14.2. The smallest absolute Gasteiger partial charge is 0.158 e. The first-order valence-corrected chi connectivity index (χ1v) is 9.39. The molecule has 130 valence electrons. The molecule has 1 heterocycles. The summed E-state index contributed by atoms with van der Waals surface area (Å²) < 4.78 is 11.0. The molecule has 0 spiro atoms. The Hall–Kier alpha value is -0.380. The van der Waals surface area contributed by atoms with Gasteiger partial charge in [-0.2, -0.15) is 0 Å². The third-order valence-corrected chi connectivity index (χ3v) is 4.22. The van der Waals surface area contributed by atoms with Gasteiger partial charge in [-0.05, 0) is 38.5 Å². The Kier molecular flexibility index (Phi) is 12.7. The van der Waals surface area contributed by atoms with Crippen LogP contribution >= 0.6 is 0 Å². The topological polar surface area (TPSA) is 38.7 Å². The molecule has 1 aliphatic rings.